The highest BCUT2D eigenvalue weighted by Gasteiger charge is 2.16. The SMILES string of the molecule is O=C(O)c1cc([N+](=O)[O-])ccc1Nc1ccc(-c2ccc(Cl)c(Cl)c2)cc1. The van der Waals surface area contributed by atoms with E-state index < -0.39 is 10.9 Å². The summed E-state index contributed by atoms with van der Waals surface area (Å²) in [7, 11) is 0. The summed E-state index contributed by atoms with van der Waals surface area (Å²) in [6.45, 7) is 0. The van der Waals surface area contributed by atoms with Crippen LogP contribution < -0.4 is 5.32 Å². The molecule has 0 aliphatic heterocycles. The number of carbonyl (C=O) groups is 1. The summed E-state index contributed by atoms with van der Waals surface area (Å²) in [5.74, 6) is -1.26. The number of aromatic carboxylic acids is 1. The van der Waals surface area contributed by atoms with Gasteiger partial charge in [-0.15, -0.1) is 0 Å². The lowest BCUT2D eigenvalue weighted by Gasteiger charge is -2.11. The number of non-ortho nitro benzene ring substituents is 1. The van der Waals surface area contributed by atoms with Gasteiger partial charge in [-0.2, -0.15) is 0 Å². The number of halogens is 2. The highest BCUT2D eigenvalue weighted by Crippen LogP contribution is 2.30. The van der Waals surface area contributed by atoms with Crippen molar-refractivity contribution in [3.05, 3.63) is 86.4 Å². The van der Waals surface area contributed by atoms with Crippen LogP contribution in [-0.4, -0.2) is 16.0 Å². The van der Waals surface area contributed by atoms with E-state index in [-0.39, 0.29) is 16.9 Å². The molecule has 3 rings (SSSR count). The summed E-state index contributed by atoms with van der Waals surface area (Å²) >= 11 is 12.0. The van der Waals surface area contributed by atoms with Crippen LogP contribution in [-0.2, 0) is 0 Å². The summed E-state index contributed by atoms with van der Waals surface area (Å²) < 4.78 is 0. The fourth-order valence-corrected chi connectivity index (χ4v) is 2.81. The second-order valence-electron chi connectivity index (χ2n) is 5.62. The number of nitro groups is 1. The van der Waals surface area contributed by atoms with Crippen LogP contribution in [0.5, 0.6) is 0 Å². The molecule has 6 nitrogen and oxygen atoms in total. The third kappa shape index (κ3) is 4.19. The van der Waals surface area contributed by atoms with Crippen molar-refractivity contribution in [1.29, 1.82) is 0 Å². The molecule has 0 aliphatic rings. The molecule has 0 aliphatic carbocycles. The van der Waals surface area contributed by atoms with Crippen LogP contribution in [0.15, 0.2) is 60.7 Å². The van der Waals surface area contributed by atoms with E-state index in [1.807, 2.05) is 18.2 Å². The molecule has 0 heterocycles. The second kappa shape index (κ2) is 7.65. The van der Waals surface area contributed by atoms with E-state index in [1.54, 1.807) is 24.3 Å². The summed E-state index contributed by atoms with van der Waals surface area (Å²) in [4.78, 5) is 21.6. The largest absolute Gasteiger partial charge is 0.478 e. The van der Waals surface area contributed by atoms with E-state index in [1.165, 1.54) is 12.1 Å². The normalized spacial score (nSPS) is 10.4. The summed E-state index contributed by atoms with van der Waals surface area (Å²) in [5, 5.41) is 24.0. The molecule has 2 N–H and O–H groups in total. The predicted octanol–water partition coefficient (Wildman–Crippen LogP) is 6.01. The number of nitrogens with zero attached hydrogens (tertiary/aromatic N) is 1. The van der Waals surface area contributed by atoms with Gasteiger partial charge in [0.25, 0.3) is 5.69 Å². The van der Waals surface area contributed by atoms with Gasteiger partial charge in [0.15, 0.2) is 0 Å². The average molecular weight is 403 g/mol. The number of nitrogens with one attached hydrogen (secondary N) is 1. The van der Waals surface area contributed by atoms with Crippen molar-refractivity contribution in [3.63, 3.8) is 0 Å². The second-order valence-corrected chi connectivity index (χ2v) is 6.44. The van der Waals surface area contributed by atoms with Gasteiger partial charge in [0.2, 0.25) is 0 Å². The quantitative estimate of drug-likeness (QED) is 0.402. The molecule has 0 amide bonds. The Hall–Kier alpha value is -3.09. The molecule has 136 valence electrons. The number of hydrogen-bond donors (Lipinski definition) is 2. The number of nitro benzene ring substituents is 1. The van der Waals surface area contributed by atoms with E-state index in [2.05, 4.69) is 5.32 Å². The number of anilines is 2. The Balaban J connectivity index is 1.87. The molecule has 0 saturated heterocycles. The first-order valence-corrected chi connectivity index (χ1v) is 8.45. The third-order valence-electron chi connectivity index (χ3n) is 3.86. The number of benzene rings is 3. The van der Waals surface area contributed by atoms with Crippen LogP contribution in [0, 0.1) is 10.1 Å². The van der Waals surface area contributed by atoms with Crippen LogP contribution in [0.1, 0.15) is 10.4 Å². The summed E-state index contributed by atoms with van der Waals surface area (Å²) in [6, 6.07) is 16.2. The molecular weight excluding hydrogens is 391 g/mol. The van der Waals surface area contributed by atoms with Gasteiger partial charge in [-0.3, -0.25) is 10.1 Å². The van der Waals surface area contributed by atoms with Gasteiger partial charge in [-0.25, -0.2) is 4.79 Å². The zero-order valence-electron chi connectivity index (χ0n) is 13.6. The molecule has 0 aromatic heterocycles. The highest BCUT2D eigenvalue weighted by atomic mass is 35.5. The molecule has 3 aromatic carbocycles. The van der Waals surface area contributed by atoms with E-state index >= 15 is 0 Å². The monoisotopic (exact) mass is 402 g/mol. The fourth-order valence-electron chi connectivity index (χ4n) is 2.51. The van der Waals surface area contributed by atoms with Crippen LogP contribution in [0.4, 0.5) is 17.1 Å². The van der Waals surface area contributed by atoms with Crippen molar-refractivity contribution >= 4 is 46.2 Å². The maximum atomic E-state index is 11.4. The molecule has 0 radical (unpaired) electrons. The Bertz CT molecular complexity index is 1040. The van der Waals surface area contributed by atoms with Crippen molar-refractivity contribution in [3.8, 4) is 11.1 Å². The maximum absolute atomic E-state index is 11.4. The van der Waals surface area contributed by atoms with E-state index in [9.17, 15) is 20.0 Å². The Kier molecular flexibility index (Phi) is 5.30. The van der Waals surface area contributed by atoms with Gasteiger partial charge in [0.1, 0.15) is 0 Å². The minimum absolute atomic E-state index is 0.183. The highest BCUT2D eigenvalue weighted by molar-refractivity contribution is 6.42. The van der Waals surface area contributed by atoms with Crippen LogP contribution in [0.2, 0.25) is 10.0 Å². The molecule has 0 atom stereocenters. The Morgan fingerprint density at radius 1 is 0.926 bits per heavy atom. The Morgan fingerprint density at radius 3 is 2.19 bits per heavy atom. The molecule has 8 heteroatoms. The van der Waals surface area contributed by atoms with Crippen molar-refractivity contribution < 1.29 is 14.8 Å². The molecule has 0 bridgehead atoms. The first kappa shape index (κ1) is 18.7. The topological polar surface area (TPSA) is 92.5 Å². The van der Waals surface area contributed by atoms with E-state index in [4.69, 9.17) is 23.2 Å². The molecule has 0 saturated carbocycles. The number of rotatable bonds is 5. The van der Waals surface area contributed by atoms with Crippen molar-refractivity contribution in [2.75, 3.05) is 5.32 Å². The van der Waals surface area contributed by atoms with Gasteiger partial charge < -0.3 is 10.4 Å². The van der Waals surface area contributed by atoms with Crippen molar-refractivity contribution in [2.24, 2.45) is 0 Å². The van der Waals surface area contributed by atoms with Gasteiger partial charge in [-0.1, -0.05) is 41.4 Å². The van der Waals surface area contributed by atoms with Gasteiger partial charge in [-0.05, 0) is 41.5 Å². The molecule has 27 heavy (non-hydrogen) atoms. The summed E-state index contributed by atoms with van der Waals surface area (Å²) in [5.41, 5.74) is 2.22. The standard InChI is InChI=1S/C19H12Cl2N2O4/c20-16-7-3-12(9-17(16)21)11-1-4-13(5-2-11)22-18-8-6-14(23(26)27)10-15(18)19(24)25/h1-10,22H,(H,24,25). The van der Waals surface area contributed by atoms with E-state index in [0.29, 0.717) is 15.7 Å². The molecule has 0 spiro atoms. The van der Waals surface area contributed by atoms with Crippen molar-refractivity contribution in [1.82, 2.24) is 0 Å². The Morgan fingerprint density at radius 2 is 1.59 bits per heavy atom. The average Bonchev–Trinajstić information content (AvgIpc) is 2.64. The minimum atomic E-state index is -1.26. The molecule has 0 fully saturated rings. The lowest BCUT2D eigenvalue weighted by atomic mass is 10.1. The number of carboxylic acid groups (broad SMARTS) is 1. The summed E-state index contributed by atoms with van der Waals surface area (Å²) in [6.07, 6.45) is 0. The van der Waals surface area contributed by atoms with Crippen LogP contribution >= 0.6 is 23.2 Å². The predicted molar refractivity (Wildman–Crippen MR) is 105 cm³/mol. The number of hydrogen-bond acceptors (Lipinski definition) is 4. The first-order valence-electron chi connectivity index (χ1n) is 7.69. The molecule has 0 unspecified atom stereocenters. The van der Waals surface area contributed by atoms with Gasteiger partial charge in [0, 0.05) is 17.8 Å². The zero-order valence-corrected chi connectivity index (χ0v) is 15.2. The Labute approximate surface area is 164 Å². The van der Waals surface area contributed by atoms with Crippen LogP contribution in [0.3, 0.4) is 0 Å². The molecule has 3 aromatic rings. The lowest BCUT2D eigenvalue weighted by Crippen LogP contribution is -2.04. The lowest BCUT2D eigenvalue weighted by molar-refractivity contribution is -0.384. The van der Waals surface area contributed by atoms with Gasteiger partial charge in [0.05, 0.1) is 26.2 Å². The number of carboxylic acids is 1. The zero-order chi connectivity index (χ0) is 19.6. The van der Waals surface area contributed by atoms with Crippen LogP contribution in [0.25, 0.3) is 11.1 Å². The van der Waals surface area contributed by atoms with E-state index in [0.717, 1.165) is 17.2 Å². The third-order valence-corrected chi connectivity index (χ3v) is 4.60. The van der Waals surface area contributed by atoms with Gasteiger partial charge >= 0.3 is 5.97 Å². The minimum Gasteiger partial charge on any atom is -0.478 e. The first-order chi connectivity index (χ1) is 12.8. The smallest absolute Gasteiger partial charge is 0.338 e. The van der Waals surface area contributed by atoms with Crippen molar-refractivity contribution in [2.45, 2.75) is 0 Å². The maximum Gasteiger partial charge on any atom is 0.338 e. The fraction of sp³-hybridized carbons (Fsp3) is 0. The molecular formula is C19H12Cl2N2O4.